The molecule has 1 saturated heterocycles. The Morgan fingerprint density at radius 1 is 1.00 bits per heavy atom. The van der Waals surface area contributed by atoms with Crippen LogP contribution in [0.15, 0.2) is 30.5 Å². The summed E-state index contributed by atoms with van der Waals surface area (Å²) in [5.41, 5.74) is 0.865. The van der Waals surface area contributed by atoms with Crippen LogP contribution in [-0.2, 0) is 16.1 Å². The number of nitrogens with zero attached hydrogens (tertiary/aromatic N) is 5. The summed E-state index contributed by atoms with van der Waals surface area (Å²) in [6, 6.07) is 4.19. The van der Waals surface area contributed by atoms with Gasteiger partial charge in [0.1, 0.15) is 23.6 Å². The van der Waals surface area contributed by atoms with Crippen LogP contribution in [0, 0.1) is 17.7 Å². The van der Waals surface area contributed by atoms with Crippen LogP contribution >= 0.6 is 0 Å². The highest BCUT2D eigenvalue weighted by molar-refractivity contribution is 6.00. The smallest absolute Gasteiger partial charge is 0.318 e. The van der Waals surface area contributed by atoms with Crippen LogP contribution in [0.25, 0.3) is 0 Å². The van der Waals surface area contributed by atoms with Gasteiger partial charge < -0.3 is 30.7 Å². The number of anilines is 1. The fourth-order valence-electron chi connectivity index (χ4n) is 6.81. The maximum atomic E-state index is 15.8. The fraction of sp³-hybridized carbons (Fsp3) is 0.629. The van der Waals surface area contributed by atoms with Crippen molar-refractivity contribution < 1.29 is 23.6 Å². The first kappa shape index (κ1) is 35.3. The van der Waals surface area contributed by atoms with Crippen molar-refractivity contribution in [3.05, 3.63) is 47.5 Å². The molecule has 0 spiro atoms. The highest BCUT2D eigenvalue weighted by Gasteiger charge is 2.37. The van der Waals surface area contributed by atoms with Gasteiger partial charge in [-0.3, -0.25) is 19.1 Å². The topological polar surface area (TPSA) is 132 Å². The molecule has 5 rings (SSSR count). The van der Waals surface area contributed by atoms with Crippen LogP contribution in [0.3, 0.4) is 0 Å². The first-order valence-electron chi connectivity index (χ1n) is 17.4. The maximum Gasteiger partial charge on any atom is 0.318 e. The van der Waals surface area contributed by atoms with Gasteiger partial charge in [0.2, 0.25) is 11.8 Å². The number of hydrogen-bond acceptors (Lipinski definition) is 6. The molecule has 12 nitrogen and oxygen atoms in total. The highest BCUT2D eigenvalue weighted by atomic mass is 19.1. The van der Waals surface area contributed by atoms with Gasteiger partial charge in [-0.05, 0) is 75.3 Å². The Kier molecular flexibility index (Phi) is 11.4. The number of amides is 5. The van der Waals surface area contributed by atoms with Crippen LogP contribution in [0.5, 0.6) is 0 Å². The van der Waals surface area contributed by atoms with Crippen molar-refractivity contribution >= 4 is 29.4 Å². The van der Waals surface area contributed by atoms with Gasteiger partial charge in [0.15, 0.2) is 0 Å². The van der Waals surface area contributed by atoms with Crippen molar-refractivity contribution in [2.45, 2.75) is 89.9 Å². The molecule has 2 aromatic rings. The Labute approximate surface area is 282 Å². The fourth-order valence-corrected chi connectivity index (χ4v) is 6.81. The number of carbonyl (C=O) groups excluding carboxylic acids is 4. The van der Waals surface area contributed by atoms with Crippen molar-refractivity contribution in [1.82, 2.24) is 35.1 Å². The van der Waals surface area contributed by atoms with E-state index < -0.39 is 35.6 Å². The lowest BCUT2D eigenvalue weighted by Gasteiger charge is -2.37. The van der Waals surface area contributed by atoms with Crippen LogP contribution in [0.2, 0.25) is 0 Å². The molecule has 2 saturated carbocycles. The molecule has 1 aromatic heterocycles. The highest BCUT2D eigenvalue weighted by Crippen LogP contribution is 2.32. The number of halogens is 1. The van der Waals surface area contributed by atoms with Crippen LogP contribution in [-0.4, -0.2) is 107 Å². The number of urea groups is 1. The van der Waals surface area contributed by atoms with Crippen molar-refractivity contribution in [3.8, 4) is 0 Å². The number of aryl methyl sites for hydroxylation is 1. The van der Waals surface area contributed by atoms with E-state index in [1.165, 1.54) is 12.1 Å². The summed E-state index contributed by atoms with van der Waals surface area (Å²) >= 11 is 0. The van der Waals surface area contributed by atoms with E-state index in [1.807, 2.05) is 14.0 Å². The zero-order valence-corrected chi connectivity index (χ0v) is 28.9. The van der Waals surface area contributed by atoms with Gasteiger partial charge in [-0.25, -0.2) is 9.18 Å². The number of benzene rings is 1. The summed E-state index contributed by atoms with van der Waals surface area (Å²) in [6.07, 6.45) is 6.85. The van der Waals surface area contributed by atoms with Crippen LogP contribution in [0.4, 0.5) is 14.9 Å². The second kappa shape index (κ2) is 15.5. The van der Waals surface area contributed by atoms with Crippen molar-refractivity contribution in [1.29, 1.82) is 0 Å². The Bertz CT molecular complexity index is 1460. The van der Waals surface area contributed by atoms with E-state index in [9.17, 15) is 19.2 Å². The SMILES string of the molecule is CCn1nccc1C(=O)N[C@H](C(=O)Nc1ccc([C@H](C)[C@@H](NC(=O)N(C)C2CC2)C(=O)N2CCN(C)CC2)cc1F)[C@H]1CC[C@H](C)CC1. The van der Waals surface area contributed by atoms with Gasteiger partial charge in [0, 0.05) is 57.9 Å². The molecular weight excluding hydrogens is 615 g/mol. The predicted octanol–water partition coefficient (Wildman–Crippen LogP) is 3.66. The molecule has 1 aliphatic heterocycles. The summed E-state index contributed by atoms with van der Waals surface area (Å²) in [7, 11) is 3.74. The molecule has 262 valence electrons. The standard InChI is InChI=1S/C35H51FN8O4/c1-6-44-29(15-16-37-44)32(45)39-31(24-9-7-22(2)8-10-24)33(46)38-28-14-11-25(21-27(28)36)23(3)30(40-35(48)42(5)26-12-13-26)34(47)43-19-17-41(4)18-20-43/h11,14-16,21-24,26,30-31H,6-10,12-13,17-20H2,1-5H3,(H,38,46)(H,39,45)(H,40,48)/t22-,23-,24-,30+,31-/m0/s1. The average Bonchev–Trinajstić information content (AvgIpc) is 3.82. The number of nitrogens with one attached hydrogen (secondary N) is 3. The second-order valence-electron chi connectivity index (χ2n) is 13.9. The minimum Gasteiger partial charge on any atom is -0.339 e. The maximum absolute atomic E-state index is 15.8. The molecule has 13 heteroatoms. The van der Waals surface area contributed by atoms with E-state index in [0.717, 1.165) is 51.6 Å². The van der Waals surface area contributed by atoms with E-state index in [2.05, 4.69) is 32.9 Å². The van der Waals surface area contributed by atoms with Gasteiger partial charge in [-0.2, -0.15) is 5.10 Å². The van der Waals surface area contributed by atoms with Crippen molar-refractivity contribution in [3.63, 3.8) is 0 Å². The monoisotopic (exact) mass is 666 g/mol. The molecule has 0 unspecified atom stereocenters. The number of carbonyl (C=O) groups is 4. The van der Waals surface area contributed by atoms with E-state index in [-0.39, 0.29) is 29.6 Å². The molecule has 3 aliphatic rings. The first-order chi connectivity index (χ1) is 23.0. The third-order valence-electron chi connectivity index (χ3n) is 10.4. The Hall–Kier alpha value is -4.00. The normalized spacial score (nSPS) is 21.9. The zero-order chi connectivity index (χ0) is 34.5. The quantitative estimate of drug-likeness (QED) is 0.336. The number of hydrogen-bond donors (Lipinski definition) is 3. The Morgan fingerprint density at radius 2 is 1.69 bits per heavy atom. The van der Waals surface area contributed by atoms with Crippen molar-refractivity contribution in [2.24, 2.45) is 11.8 Å². The summed E-state index contributed by atoms with van der Waals surface area (Å²) < 4.78 is 17.3. The van der Waals surface area contributed by atoms with Crippen molar-refractivity contribution in [2.75, 3.05) is 45.6 Å². The lowest BCUT2D eigenvalue weighted by Crippen LogP contribution is -2.57. The van der Waals surface area contributed by atoms with Crippen LogP contribution < -0.4 is 16.0 Å². The molecular formula is C35H51FN8O4. The van der Waals surface area contributed by atoms with Gasteiger partial charge in [0.25, 0.3) is 5.91 Å². The third-order valence-corrected chi connectivity index (χ3v) is 10.4. The predicted molar refractivity (Wildman–Crippen MR) is 181 cm³/mol. The van der Waals surface area contributed by atoms with E-state index in [0.29, 0.717) is 36.8 Å². The molecule has 48 heavy (non-hydrogen) atoms. The molecule has 3 atom stereocenters. The molecule has 3 N–H and O–H groups in total. The lowest BCUT2D eigenvalue weighted by atomic mass is 9.79. The molecule has 1 aromatic carbocycles. The molecule has 5 amide bonds. The number of likely N-dealkylation sites (N-methyl/N-ethyl adjacent to an activating group) is 1. The molecule has 2 heterocycles. The Morgan fingerprint density at radius 3 is 2.31 bits per heavy atom. The summed E-state index contributed by atoms with van der Waals surface area (Å²) in [5.74, 6) is -1.84. The number of aromatic nitrogens is 2. The molecule has 3 fully saturated rings. The van der Waals surface area contributed by atoms with E-state index in [4.69, 9.17) is 0 Å². The van der Waals surface area contributed by atoms with Gasteiger partial charge in [0.05, 0.1) is 5.69 Å². The van der Waals surface area contributed by atoms with Gasteiger partial charge >= 0.3 is 6.03 Å². The minimum atomic E-state index is -0.896. The largest absolute Gasteiger partial charge is 0.339 e. The van der Waals surface area contributed by atoms with Gasteiger partial charge in [-0.1, -0.05) is 32.8 Å². The summed E-state index contributed by atoms with van der Waals surface area (Å²) in [4.78, 5) is 59.5. The Balaban J connectivity index is 1.33. The lowest BCUT2D eigenvalue weighted by molar-refractivity contribution is -0.135. The minimum absolute atomic E-state index is 0.0163. The molecule has 0 bridgehead atoms. The summed E-state index contributed by atoms with van der Waals surface area (Å²) in [5, 5.41) is 12.8. The second-order valence-corrected chi connectivity index (χ2v) is 13.9. The summed E-state index contributed by atoms with van der Waals surface area (Å²) in [6.45, 7) is 8.93. The third kappa shape index (κ3) is 8.34. The molecule has 0 radical (unpaired) electrons. The van der Waals surface area contributed by atoms with E-state index >= 15 is 4.39 Å². The first-order valence-corrected chi connectivity index (χ1v) is 17.4. The van der Waals surface area contributed by atoms with Gasteiger partial charge in [-0.15, -0.1) is 0 Å². The average molecular weight is 667 g/mol. The zero-order valence-electron chi connectivity index (χ0n) is 28.9. The number of piperazine rings is 1. The molecule has 2 aliphatic carbocycles. The van der Waals surface area contributed by atoms with Crippen LogP contribution in [0.1, 0.15) is 81.3 Å². The number of rotatable bonds is 11. The van der Waals surface area contributed by atoms with E-state index in [1.54, 1.807) is 46.8 Å².